The second-order valence-corrected chi connectivity index (χ2v) is 5.43. The monoisotopic (exact) mass is 246 g/mol. The molecule has 0 heterocycles. The fourth-order valence-electron chi connectivity index (χ4n) is 2.49. The first-order valence-corrected chi connectivity index (χ1v) is 6.05. The Hall–Kier alpha value is -1.53. The van der Waals surface area contributed by atoms with Crippen LogP contribution < -0.4 is 4.74 Å². The van der Waals surface area contributed by atoms with E-state index in [1.165, 1.54) is 0 Å². The lowest BCUT2D eigenvalue weighted by Crippen LogP contribution is -2.32. The van der Waals surface area contributed by atoms with Crippen LogP contribution in [0.25, 0.3) is 0 Å². The van der Waals surface area contributed by atoms with E-state index in [1.54, 1.807) is 7.11 Å². The molecular formula is C15H22N2O. The van der Waals surface area contributed by atoms with Crippen LogP contribution >= 0.6 is 0 Å². The van der Waals surface area contributed by atoms with Gasteiger partial charge in [-0.2, -0.15) is 5.26 Å². The zero-order valence-corrected chi connectivity index (χ0v) is 12.1. The smallest absolute Gasteiger partial charge is 0.121 e. The minimum atomic E-state index is -0.440. The fraction of sp³-hybridized carbons (Fsp3) is 0.533. The number of nitriles is 1. The van der Waals surface area contributed by atoms with Gasteiger partial charge in [0.1, 0.15) is 5.75 Å². The van der Waals surface area contributed by atoms with E-state index in [0.717, 1.165) is 16.9 Å². The van der Waals surface area contributed by atoms with E-state index < -0.39 is 5.41 Å². The predicted octanol–water partition coefficient (Wildman–Crippen LogP) is 3.16. The number of rotatable bonds is 4. The van der Waals surface area contributed by atoms with Gasteiger partial charge in [-0.05, 0) is 52.1 Å². The van der Waals surface area contributed by atoms with E-state index in [2.05, 4.69) is 17.0 Å². The summed E-state index contributed by atoms with van der Waals surface area (Å²) >= 11 is 0. The Bertz CT molecular complexity index is 458. The molecule has 18 heavy (non-hydrogen) atoms. The van der Waals surface area contributed by atoms with Crippen molar-refractivity contribution in [2.24, 2.45) is 5.41 Å². The van der Waals surface area contributed by atoms with Crippen molar-refractivity contribution in [2.45, 2.75) is 26.8 Å². The number of ether oxygens (including phenoxy) is 1. The van der Waals surface area contributed by atoms with Gasteiger partial charge in [0.05, 0.1) is 24.6 Å². The van der Waals surface area contributed by atoms with E-state index in [-0.39, 0.29) is 6.04 Å². The van der Waals surface area contributed by atoms with Crippen molar-refractivity contribution in [3.8, 4) is 11.8 Å². The molecule has 0 amide bonds. The van der Waals surface area contributed by atoms with Gasteiger partial charge in [-0.15, -0.1) is 0 Å². The molecule has 3 heteroatoms. The van der Waals surface area contributed by atoms with Crippen molar-refractivity contribution >= 4 is 0 Å². The minimum Gasteiger partial charge on any atom is -0.496 e. The Morgan fingerprint density at radius 2 is 1.94 bits per heavy atom. The van der Waals surface area contributed by atoms with Gasteiger partial charge in [0, 0.05) is 0 Å². The largest absolute Gasteiger partial charge is 0.496 e. The molecule has 0 aliphatic carbocycles. The molecular weight excluding hydrogens is 224 g/mol. The molecule has 0 saturated carbocycles. The molecule has 0 saturated heterocycles. The normalized spacial score (nSPS) is 13.2. The van der Waals surface area contributed by atoms with Crippen molar-refractivity contribution in [3.63, 3.8) is 0 Å². The van der Waals surface area contributed by atoms with Crippen LogP contribution in [-0.4, -0.2) is 26.1 Å². The molecule has 0 spiro atoms. The fourth-order valence-corrected chi connectivity index (χ4v) is 2.49. The van der Waals surface area contributed by atoms with Crippen LogP contribution in [-0.2, 0) is 0 Å². The molecule has 0 aromatic heterocycles. The van der Waals surface area contributed by atoms with Gasteiger partial charge < -0.3 is 9.64 Å². The highest BCUT2D eigenvalue weighted by Crippen LogP contribution is 2.37. The standard InChI is InChI=1S/C15H22N2O/c1-11-9-12(7-8-13(11)18-6)14(17(4)5)15(2,3)10-16/h7-9,14H,1-6H3. The van der Waals surface area contributed by atoms with Crippen LogP contribution in [0.2, 0.25) is 0 Å². The summed E-state index contributed by atoms with van der Waals surface area (Å²) in [6, 6.07) is 8.56. The topological polar surface area (TPSA) is 36.3 Å². The van der Waals surface area contributed by atoms with Crippen molar-refractivity contribution < 1.29 is 4.74 Å². The summed E-state index contributed by atoms with van der Waals surface area (Å²) in [7, 11) is 5.68. The highest BCUT2D eigenvalue weighted by Gasteiger charge is 2.32. The number of aryl methyl sites for hydroxylation is 1. The highest BCUT2D eigenvalue weighted by molar-refractivity contribution is 5.38. The molecule has 0 bridgehead atoms. The quantitative estimate of drug-likeness (QED) is 0.818. The molecule has 0 N–H and O–H groups in total. The average Bonchev–Trinajstić information content (AvgIpc) is 2.28. The number of hydrogen-bond donors (Lipinski definition) is 0. The maximum Gasteiger partial charge on any atom is 0.121 e. The molecule has 0 aliphatic heterocycles. The van der Waals surface area contributed by atoms with Crippen molar-refractivity contribution in [3.05, 3.63) is 29.3 Å². The third-order valence-electron chi connectivity index (χ3n) is 3.22. The average molecular weight is 246 g/mol. The van der Waals surface area contributed by atoms with Crippen molar-refractivity contribution in [1.29, 1.82) is 5.26 Å². The Labute approximate surface area is 110 Å². The molecule has 1 unspecified atom stereocenters. The lowest BCUT2D eigenvalue weighted by molar-refractivity contribution is 0.185. The van der Waals surface area contributed by atoms with Crippen LogP contribution in [0.15, 0.2) is 18.2 Å². The van der Waals surface area contributed by atoms with Crippen molar-refractivity contribution in [2.75, 3.05) is 21.2 Å². The molecule has 1 aromatic rings. The van der Waals surface area contributed by atoms with E-state index in [0.29, 0.717) is 0 Å². The van der Waals surface area contributed by atoms with Crippen LogP contribution in [0.1, 0.15) is 31.0 Å². The SMILES string of the molecule is COc1ccc(C(N(C)C)C(C)(C)C#N)cc1C. The number of benzene rings is 1. The van der Waals surface area contributed by atoms with Gasteiger partial charge in [0.25, 0.3) is 0 Å². The minimum absolute atomic E-state index is 0.0621. The van der Waals surface area contributed by atoms with E-state index in [4.69, 9.17) is 4.74 Å². The summed E-state index contributed by atoms with van der Waals surface area (Å²) < 4.78 is 5.27. The Morgan fingerprint density at radius 1 is 1.33 bits per heavy atom. The summed E-state index contributed by atoms with van der Waals surface area (Å²) in [5, 5.41) is 9.34. The van der Waals surface area contributed by atoms with Crippen LogP contribution in [0.4, 0.5) is 0 Å². The third-order valence-corrected chi connectivity index (χ3v) is 3.22. The van der Waals surface area contributed by atoms with Gasteiger partial charge in [-0.25, -0.2) is 0 Å². The first kappa shape index (κ1) is 14.5. The second-order valence-electron chi connectivity index (χ2n) is 5.43. The Morgan fingerprint density at radius 3 is 2.33 bits per heavy atom. The predicted molar refractivity (Wildman–Crippen MR) is 73.6 cm³/mol. The zero-order chi connectivity index (χ0) is 13.9. The van der Waals surface area contributed by atoms with Crippen LogP contribution in [0.3, 0.4) is 0 Å². The highest BCUT2D eigenvalue weighted by atomic mass is 16.5. The van der Waals surface area contributed by atoms with E-state index in [1.807, 2.05) is 47.0 Å². The second kappa shape index (κ2) is 5.41. The summed E-state index contributed by atoms with van der Waals surface area (Å²) in [5.74, 6) is 0.881. The molecule has 0 fully saturated rings. The lowest BCUT2D eigenvalue weighted by atomic mass is 9.80. The van der Waals surface area contributed by atoms with Gasteiger partial charge in [0.15, 0.2) is 0 Å². The van der Waals surface area contributed by atoms with Crippen LogP contribution in [0.5, 0.6) is 5.75 Å². The summed E-state index contributed by atoms with van der Waals surface area (Å²) in [6.45, 7) is 5.96. The van der Waals surface area contributed by atoms with Crippen LogP contribution in [0, 0.1) is 23.7 Å². The summed E-state index contributed by atoms with van der Waals surface area (Å²) in [5.41, 5.74) is 1.80. The first-order chi connectivity index (χ1) is 8.33. The zero-order valence-electron chi connectivity index (χ0n) is 12.1. The molecule has 0 radical (unpaired) electrons. The Kier molecular flexibility index (Phi) is 4.37. The first-order valence-electron chi connectivity index (χ1n) is 6.05. The summed E-state index contributed by atoms with van der Waals surface area (Å²) in [6.07, 6.45) is 0. The maximum absolute atomic E-state index is 9.34. The molecule has 3 nitrogen and oxygen atoms in total. The van der Waals surface area contributed by atoms with E-state index >= 15 is 0 Å². The van der Waals surface area contributed by atoms with Gasteiger partial charge in [-0.1, -0.05) is 12.1 Å². The van der Waals surface area contributed by atoms with Gasteiger partial charge >= 0.3 is 0 Å². The Balaban J connectivity index is 3.24. The van der Waals surface area contributed by atoms with Gasteiger partial charge in [0.2, 0.25) is 0 Å². The van der Waals surface area contributed by atoms with Gasteiger partial charge in [-0.3, -0.25) is 0 Å². The maximum atomic E-state index is 9.34. The summed E-state index contributed by atoms with van der Waals surface area (Å²) in [4.78, 5) is 2.09. The van der Waals surface area contributed by atoms with Crippen molar-refractivity contribution in [1.82, 2.24) is 4.90 Å². The third kappa shape index (κ3) is 2.83. The molecule has 1 atom stereocenters. The number of methoxy groups -OCH3 is 1. The molecule has 1 aromatic carbocycles. The number of nitrogens with zero attached hydrogens (tertiary/aromatic N) is 2. The van der Waals surface area contributed by atoms with E-state index in [9.17, 15) is 5.26 Å². The lowest BCUT2D eigenvalue weighted by Gasteiger charge is -2.34. The molecule has 1 rings (SSSR count). The molecule has 0 aliphatic rings. The number of hydrogen-bond acceptors (Lipinski definition) is 3. The molecule has 98 valence electrons.